The standard InChI is InChI=1S/C29H34N8O2/c1-16-14-22(36-37(16)5)24-32-23-20(12-13-30-25(23)33-24)18-10-11-19-17(15-18)8-6-7-9-21(19)31-26(38)27-34-35-28(39-27)29(2,3)4/h10,12-15,19,21H,6-9,11H2,1-5H3,(H,31,38)(H,30,32,33)/t19?,21-/m1/s1. The van der Waals surface area contributed by atoms with Crippen molar-refractivity contribution in [3.8, 4) is 11.5 Å². The fourth-order valence-electron chi connectivity index (χ4n) is 5.50. The van der Waals surface area contributed by atoms with Crippen molar-refractivity contribution in [3.63, 3.8) is 0 Å². The van der Waals surface area contributed by atoms with Crippen LogP contribution in [0.25, 0.3) is 28.3 Å². The van der Waals surface area contributed by atoms with E-state index in [9.17, 15) is 4.79 Å². The summed E-state index contributed by atoms with van der Waals surface area (Å²) in [6.45, 7) is 7.97. The molecule has 4 heterocycles. The van der Waals surface area contributed by atoms with Gasteiger partial charge < -0.3 is 14.7 Å². The molecule has 1 unspecified atom stereocenters. The second-order valence-corrected chi connectivity index (χ2v) is 11.6. The van der Waals surface area contributed by atoms with Crippen LogP contribution in [0.3, 0.4) is 0 Å². The Morgan fingerprint density at radius 1 is 1.23 bits per heavy atom. The highest BCUT2D eigenvalue weighted by atomic mass is 16.4. The van der Waals surface area contributed by atoms with Crippen LogP contribution in [-0.2, 0) is 12.5 Å². The van der Waals surface area contributed by atoms with Gasteiger partial charge in [-0.05, 0) is 50.3 Å². The highest BCUT2D eigenvalue weighted by molar-refractivity contribution is 5.92. The van der Waals surface area contributed by atoms with Gasteiger partial charge in [0.25, 0.3) is 0 Å². The molecule has 0 radical (unpaired) electrons. The summed E-state index contributed by atoms with van der Waals surface area (Å²) in [5.41, 5.74) is 6.68. The number of carbonyl (C=O) groups is 1. The van der Waals surface area contributed by atoms with Crippen molar-refractivity contribution in [1.82, 2.24) is 40.2 Å². The number of amides is 1. The first kappa shape index (κ1) is 25.2. The fraction of sp³-hybridized carbons (Fsp3) is 0.448. The third-order valence-corrected chi connectivity index (χ3v) is 7.75. The lowest BCUT2D eigenvalue weighted by atomic mass is 9.81. The number of hydrogen-bond donors (Lipinski definition) is 2. The molecule has 202 valence electrons. The quantitative estimate of drug-likeness (QED) is 0.381. The minimum Gasteiger partial charge on any atom is -0.416 e. The molecule has 39 heavy (non-hydrogen) atoms. The molecule has 1 fully saturated rings. The van der Waals surface area contributed by atoms with E-state index in [1.54, 1.807) is 0 Å². The van der Waals surface area contributed by atoms with Crippen LogP contribution in [0.2, 0.25) is 0 Å². The lowest BCUT2D eigenvalue weighted by Gasteiger charge is -2.29. The van der Waals surface area contributed by atoms with Crippen molar-refractivity contribution in [1.29, 1.82) is 0 Å². The predicted molar refractivity (Wildman–Crippen MR) is 148 cm³/mol. The van der Waals surface area contributed by atoms with Gasteiger partial charge in [0.15, 0.2) is 11.5 Å². The first-order valence-corrected chi connectivity index (χ1v) is 13.6. The van der Waals surface area contributed by atoms with E-state index < -0.39 is 0 Å². The highest BCUT2D eigenvalue weighted by Gasteiger charge is 2.32. The van der Waals surface area contributed by atoms with E-state index in [0.717, 1.165) is 65.8 Å². The van der Waals surface area contributed by atoms with E-state index in [1.807, 2.05) is 57.8 Å². The van der Waals surface area contributed by atoms with Crippen LogP contribution in [0.4, 0.5) is 0 Å². The average Bonchev–Trinajstić information content (AvgIpc) is 3.61. The topological polar surface area (TPSA) is 127 Å². The zero-order chi connectivity index (χ0) is 27.3. The monoisotopic (exact) mass is 526 g/mol. The Kier molecular flexibility index (Phi) is 6.20. The molecule has 4 aromatic rings. The summed E-state index contributed by atoms with van der Waals surface area (Å²) in [6.07, 6.45) is 11.3. The van der Waals surface area contributed by atoms with Gasteiger partial charge in [-0.15, -0.1) is 10.2 Å². The van der Waals surface area contributed by atoms with E-state index in [-0.39, 0.29) is 29.2 Å². The second-order valence-electron chi connectivity index (χ2n) is 11.6. The summed E-state index contributed by atoms with van der Waals surface area (Å²) >= 11 is 0. The zero-order valence-corrected chi connectivity index (χ0v) is 23.1. The van der Waals surface area contributed by atoms with Crippen molar-refractivity contribution in [2.24, 2.45) is 13.0 Å². The van der Waals surface area contributed by atoms with Crippen LogP contribution in [0.1, 0.15) is 80.7 Å². The molecule has 1 amide bonds. The van der Waals surface area contributed by atoms with Gasteiger partial charge in [-0.3, -0.25) is 9.48 Å². The van der Waals surface area contributed by atoms with Crippen LogP contribution in [-0.4, -0.2) is 46.9 Å². The molecule has 10 heteroatoms. The smallest absolute Gasteiger partial charge is 0.309 e. The van der Waals surface area contributed by atoms with E-state index in [1.165, 1.54) is 5.57 Å². The van der Waals surface area contributed by atoms with Gasteiger partial charge in [-0.25, -0.2) is 9.97 Å². The number of aromatic amines is 1. The number of aromatic nitrogens is 7. The molecule has 6 rings (SSSR count). The van der Waals surface area contributed by atoms with Gasteiger partial charge >= 0.3 is 11.8 Å². The number of nitrogens with one attached hydrogen (secondary N) is 2. The van der Waals surface area contributed by atoms with Crippen LogP contribution in [0, 0.1) is 12.8 Å². The number of nitrogens with zero attached hydrogens (tertiary/aromatic N) is 6. The Morgan fingerprint density at radius 3 is 2.82 bits per heavy atom. The number of rotatable bonds is 4. The zero-order valence-electron chi connectivity index (χ0n) is 23.1. The molecule has 0 aromatic carbocycles. The maximum absolute atomic E-state index is 13.0. The lowest BCUT2D eigenvalue weighted by Crippen LogP contribution is -2.41. The van der Waals surface area contributed by atoms with Gasteiger partial charge in [0, 0.05) is 41.9 Å². The summed E-state index contributed by atoms with van der Waals surface area (Å²) in [7, 11) is 1.92. The van der Waals surface area contributed by atoms with Gasteiger partial charge in [0.05, 0.1) is 0 Å². The molecule has 0 spiro atoms. The van der Waals surface area contributed by atoms with Crippen LogP contribution in [0.15, 0.2) is 40.5 Å². The molecule has 2 aliphatic carbocycles. The predicted octanol–water partition coefficient (Wildman–Crippen LogP) is 5.05. The second kappa shape index (κ2) is 9.59. The average molecular weight is 527 g/mol. The number of hydrogen-bond acceptors (Lipinski definition) is 7. The molecule has 10 nitrogen and oxygen atoms in total. The van der Waals surface area contributed by atoms with Crippen LogP contribution < -0.4 is 5.32 Å². The maximum Gasteiger partial charge on any atom is 0.309 e. The molecular formula is C29H34N8O2. The van der Waals surface area contributed by atoms with Gasteiger partial charge in [-0.1, -0.05) is 44.9 Å². The molecular weight excluding hydrogens is 492 g/mol. The normalized spacial score (nSPS) is 19.8. The van der Waals surface area contributed by atoms with Gasteiger partial charge in [-0.2, -0.15) is 5.10 Å². The van der Waals surface area contributed by atoms with Gasteiger partial charge in [0.2, 0.25) is 5.89 Å². The van der Waals surface area contributed by atoms with E-state index in [2.05, 4.69) is 42.7 Å². The Labute approximate surface area is 227 Å². The summed E-state index contributed by atoms with van der Waals surface area (Å²) in [5.74, 6) is 1.13. The number of pyridine rings is 1. The Balaban J connectivity index is 1.25. The van der Waals surface area contributed by atoms with Crippen molar-refractivity contribution >= 4 is 22.6 Å². The lowest BCUT2D eigenvalue weighted by molar-refractivity contribution is 0.0885. The first-order valence-electron chi connectivity index (χ1n) is 13.6. The summed E-state index contributed by atoms with van der Waals surface area (Å²) in [4.78, 5) is 25.8. The number of fused-ring (bicyclic) bond motifs is 2. The molecule has 2 atom stereocenters. The van der Waals surface area contributed by atoms with Crippen LogP contribution in [0.5, 0.6) is 0 Å². The number of carbonyl (C=O) groups excluding carboxylic acids is 1. The number of imidazole rings is 1. The van der Waals surface area contributed by atoms with E-state index in [0.29, 0.717) is 11.7 Å². The Bertz CT molecular complexity index is 1590. The molecule has 4 aromatic heterocycles. The van der Waals surface area contributed by atoms with E-state index in [4.69, 9.17) is 9.40 Å². The highest BCUT2D eigenvalue weighted by Crippen LogP contribution is 2.39. The van der Waals surface area contributed by atoms with Crippen molar-refractivity contribution in [3.05, 3.63) is 59.1 Å². The molecule has 1 saturated carbocycles. The molecule has 0 bridgehead atoms. The summed E-state index contributed by atoms with van der Waals surface area (Å²) in [6, 6.07) is 4.05. The maximum atomic E-state index is 13.0. The first-order chi connectivity index (χ1) is 18.7. The van der Waals surface area contributed by atoms with Crippen molar-refractivity contribution in [2.45, 2.75) is 71.3 Å². The minimum absolute atomic E-state index is 0.0101. The molecule has 0 aliphatic heterocycles. The van der Waals surface area contributed by atoms with E-state index >= 15 is 0 Å². The Hall–Kier alpha value is -4.08. The molecule has 2 aliphatic rings. The van der Waals surface area contributed by atoms with Gasteiger partial charge in [0.1, 0.15) is 11.2 Å². The summed E-state index contributed by atoms with van der Waals surface area (Å²) in [5, 5.41) is 15.9. The number of H-pyrrole nitrogens is 1. The SMILES string of the molecule is Cc1cc(-c2nc3c(C4=CCC5C(=C4)CCCC[C@H]5NC(=O)c4nnc(C(C)(C)C)o4)ccnc3[nH]2)nn1C. The van der Waals surface area contributed by atoms with Crippen LogP contribution >= 0.6 is 0 Å². The summed E-state index contributed by atoms with van der Waals surface area (Å²) < 4.78 is 7.54. The van der Waals surface area contributed by atoms with Crippen molar-refractivity contribution in [2.75, 3.05) is 0 Å². The molecule has 0 saturated heterocycles. The third kappa shape index (κ3) is 4.79. The number of aryl methyl sites for hydroxylation is 2. The number of allylic oxidation sites excluding steroid dienone is 3. The molecule has 2 N–H and O–H groups in total. The van der Waals surface area contributed by atoms with Crippen molar-refractivity contribution < 1.29 is 9.21 Å². The minimum atomic E-state index is -0.307. The Morgan fingerprint density at radius 2 is 2.08 bits per heavy atom. The third-order valence-electron chi connectivity index (χ3n) is 7.75. The largest absolute Gasteiger partial charge is 0.416 e. The fourth-order valence-corrected chi connectivity index (χ4v) is 5.50.